The van der Waals surface area contributed by atoms with Crippen molar-refractivity contribution >= 4 is 32.3 Å². The second kappa shape index (κ2) is 9.13. The number of aliphatic hydroxyl groups is 2. The first-order chi connectivity index (χ1) is 16.6. The van der Waals surface area contributed by atoms with Gasteiger partial charge in [0.15, 0.2) is 0 Å². The van der Waals surface area contributed by atoms with Gasteiger partial charge in [-0.3, -0.25) is 4.90 Å². The number of rotatable bonds is 6. The molecule has 0 aliphatic carbocycles. The van der Waals surface area contributed by atoms with Gasteiger partial charge in [0, 0.05) is 51.2 Å². The molecule has 1 fully saturated rings. The first-order valence-electron chi connectivity index (χ1n) is 11.6. The number of aromatic amines is 1. The number of hydrogen-bond donors (Lipinski definition) is 3. The summed E-state index contributed by atoms with van der Waals surface area (Å²) in [4.78, 5) is 5.78. The van der Waals surface area contributed by atoms with Crippen LogP contribution in [-0.4, -0.2) is 51.9 Å². The van der Waals surface area contributed by atoms with Crippen molar-refractivity contribution in [2.75, 3.05) is 19.7 Å². The fourth-order valence-corrected chi connectivity index (χ4v) is 6.21. The van der Waals surface area contributed by atoms with Gasteiger partial charge in [-0.2, -0.15) is 13.2 Å². The molecule has 4 aromatic rings. The van der Waals surface area contributed by atoms with E-state index in [-0.39, 0.29) is 18.0 Å². The van der Waals surface area contributed by atoms with Gasteiger partial charge in [-0.05, 0) is 56.2 Å². The lowest BCUT2D eigenvalue weighted by Gasteiger charge is -2.43. The van der Waals surface area contributed by atoms with Gasteiger partial charge in [0.25, 0.3) is 0 Å². The quantitative estimate of drug-likeness (QED) is 0.324. The summed E-state index contributed by atoms with van der Waals surface area (Å²) in [7, 11) is 0. The summed E-state index contributed by atoms with van der Waals surface area (Å²) in [5.41, 5.74) is -0.914. The van der Waals surface area contributed by atoms with Crippen molar-refractivity contribution < 1.29 is 28.1 Å². The van der Waals surface area contributed by atoms with Gasteiger partial charge in [-0.1, -0.05) is 12.1 Å². The molecule has 0 radical (unpaired) electrons. The minimum atomic E-state index is -4.44. The van der Waals surface area contributed by atoms with Crippen molar-refractivity contribution in [1.82, 2.24) is 9.88 Å². The molecule has 0 unspecified atom stereocenters. The predicted octanol–water partition coefficient (Wildman–Crippen LogP) is 5.51. The summed E-state index contributed by atoms with van der Waals surface area (Å²) in [6.07, 6.45) is -2.58. The van der Waals surface area contributed by atoms with Crippen LogP contribution in [0, 0.1) is 0 Å². The number of alkyl halides is 3. The van der Waals surface area contributed by atoms with Crippen LogP contribution in [0.25, 0.3) is 21.0 Å². The zero-order valence-corrected chi connectivity index (χ0v) is 20.0. The second-order valence-corrected chi connectivity index (χ2v) is 10.4. The van der Waals surface area contributed by atoms with Crippen molar-refractivity contribution in [3.8, 4) is 5.75 Å². The van der Waals surface area contributed by atoms with Crippen molar-refractivity contribution in [3.05, 3.63) is 65.2 Å². The fourth-order valence-electron chi connectivity index (χ4n) is 4.99. The highest BCUT2D eigenvalue weighted by Gasteiger charge is 2.40. The van der Waals surface area contributed by atoms with E-state index in [4.69, 9.17) is 4.74 Å². The van der Waals surface area contributed by atoms with Crippen LogP contribution >= 0.6 is 11.3 Å². The molecule has 3 heterocycles. The van der Waals surface area contributed by atoms with E-state index in [9.17, 15) is 23.4 Å². The van der Waals surface area contributed by atoms with E-state index in [0.717, 1.165) is 17.0 Å². The number of piperidine rings is 1. The van der Waals surface area contributed by atoms with Gasteiger partial charge in [-0.15, -0.1) is 11.3 Å². The summed E-state index contributed by atoms with van der Waals surface area (Å²) in [5, 5.41) is 23.1. The number of nitrogens with zero attached hydrogens (tertiary/aromatic N) is 1. The van der Waals surface area contributed by atoms with Crippen LogP contribution in [-0.2, 0) is 11.8 Å². The van der Waals surface area contributed by atoms with E-state index in [1.807, 2.05) is 37.4 Å². The van der Waals surface area contributed by atoms with Gasteiger partial charge >= 0.3 is 6.18 Å². The summed E-state index contributed by atoms with van der Waals surface area (Å²) >= 11 is 1.22. The van der Waals surface area contributed by atoms with Crippen LogP contribution < -0.4 is 4.74 Å². The molecule has 3 atom stereocenters. The number of aromatic nitrogens is 1. The molecule has 0 saturated carbocycles. The Kier molecular flexibility index (Phi) is 6.29. The average molecular weight is 505 g/mol. The van der Waals surface area contributed by atoms with Crippen molar-refractivity contribution in [1.29, 1.82) is 0 Å². The lowest BCUT2D eigenvalue weighted by atomic mass is 9.85. The number of likely N-dealkylation sites (tertiary alicyclic amines) is 1. The molecule has 0 spiro atoms. The maximum Gasteiger partial charge on any atom is 0.417 e. The van der Waals surface area contributed by atoms with Crippen LogP contribution in [0.15, 0.2) is 54.7 Å². The molecule has 3 N–H and O–H groups in total. The summed E-state index contributed by atoms with van der Waals surface area (Å²) in [6.45, 7) is 2.99. The predicted molar refractivity (Wildman–Crippen MR) is 131 cm³/mol. The largest absolute Gasteiger partial charge is 0.490 e. The number of thiophene rings is 1. The normalized spacial score (nSPS) is 22.6. The Morgan fingerprint density at radius 3 is 2.77 bits per heavy atom. The molecule has 1 aliphatic rings. The average Bonchev–Trinajstić information content (AvgIpc) is 3.46. The topological polar surface area (TPSA) is 68.7 Å². The third kappa shape index (κ3) is 4.78. The zero-order chi connectivity index (χ0) is 24.8. The molecule has 1 aliphatic heterocycles. The molecule has 0 amide bonds. The Bertz CT molecular complexity index is 1330. The molecule has 5 rings (SSSR count). The Balaban J connectivity index is 1.24. The molecule has 35 heavy (non-hydrogen) atoms. The summed E-state index contributed by atoms with van der Waals surface area (Å²) in [6, 6.07) is 13.2. The number of β-amino-alcohol motifs (C(OH)–C–C–N with tert-alkyl or cyclic N) is 1. The Labute approximate surface area is 204 Å². The van der Waals surface area contributed by atoms with Gasteiger partial charge < -0.3 is 19.9 Å². The Morgan fingerprint density at radius 2 is 2.00 bits per heavy atom. The van der Waals surface area contributed by atoms with E-state index in [1.165, 1.54) is 23.5 Å². The molecule has 2 aromatic carbocycles. The minimum absolute atomic E-state index is 0.0659. The van der Waals surface area contributed by atoms with Crippen molar-refractivity contribution in [2.45, 2.75) is 43.7 Å². The smallest absolute Gasteiger partial charge is 0.417 e. The first kappa shape index (κ1) is 24.1. The van der Waals surface area contributed by atoms with E-state index in [1.54, 1.807) is 6.07 Å². The highest BCUT2D eigenvalue weighted by Crippen LogP contribution is 2.44. The molecule has 9 heteroatoms. The van der Waals surface area contributed by atoms with Gasteiger partial charge in [0.2, 0.25) is 0 Å². The number of halogens is 3. The Morgan fingerprint density at radius 1 is 1.20 bits per heavy atom. The first-order valence-corrected chi connectivity index (χ1v) is 12.4. The molecule has 186 valence electrons. The third-order valence-electron chi connectivity index (χ3n) is 6.83. The highest BCUT2D eigenvalue weighted by atomic mass is 32.1. The number of H-pyrrole nitrogens is 1. The molecule has 0 bridgehead atoms. The van der Waals surface area contributed by atoms with Crippen LogP contribution in [0.1, 0.15) is 30.2 Å². The monoisotopic (exact) mass is 504 g/mol. The summed E-state index contributed by atoms with van der Waals surface area (Å²) < 4.78 is 46.7. The SMILES string of the molecule is C[C@@H]1C[C@](O)(c2cc3c(C(F)(F)F)cccc3s2)CCN1C[C@H](O)COc1cccc2[nH]ccc12. The standard InChI is InChI=1S/C26H27F3N2O3S/c1-16-13-25(33,24-12-19-20(26(27,28)29)4-2-7-23(19)35-24)9-11-31(16)14-17(32)15-34-22-6-3-5-21-18(22)8-10-30-21/h2-8,10,12,16-17,30,32-33H,9,11,13-15H2,1H3/t16-,17+,25+/m1/s1. The van der Waals surface area contributed by atoms with Crippen molar-refractivity contribution in [2.24, 2.45) is 0 Å². The van der Waals surface area contributed by atoms with E-state index in [0.29, 0.717) is 41.3 Å². The van der Waals surface area contributed by atoms with Crippen LogP contribution in [0.4, 0.5) is 13.2 Å². The number of aliphatic hydroxyl groups excluding tert-OH is 1. The molecular weight excluding hydrogens is 477 g/mol. The maximum absolute atomic E-state index is 13.4. The molecule has 1 saturated heterocycles. The number of fused-ring (bicyclic) bond motifs is 2. The summed E-state index contributed by atoms with van der Waals surface area (Å²) in [5.74, 6) is 0.701. The number of ether oxygens (including phenoxy) is 1. The minimum Gasteiger partial charge on any atom is -0.490 e. The maximum atomic E-state index is 13.4. The van der Waals surface area contributed by atoms with Gasteiger partial charge in [-0.25, -0.2) is 0 Å². The van der Waals surface area contributed by atoms with Crippen LogP contribution in [0.3, 0.4) is 0 Å². The van der Waals surface area contributed by atoms with E-state index < -0.39 is 23.4 Å². The Hall–Kier alpha value is -2.59. The number of hydrogen-bond acceptors (Lipinski definition) is 5. The van der Waals surface area contributed by atoms with Gasteiger partial charge in [0.05, 0.1) is 5.56 Å². The molecule has 5 nitrogen and oxygen atoms in total. The third-order valence-corrected chi connectivity index (χ3v) is 8.12. The lowest BCUT2D eigenvalue weighted by Crippen LogP contribution is -2.50. The molecular formula is C26H27F3N2O3S. The number of benzene rings is 2. The number of nitrogens with one attached hydrogen (secondary N) is 1. The van der Waals surface area contributed by atoms with Crippen LogP contribution in [0.5, 0.6) is 5.75 Å². The van der Waals surface area contributed by atoms with E-state index >= 15 is 0 Å². The lowest BCUT2D eigenvalue weighted by molar-refractivity contribution is -0.136. The molecule has 2 aromatic heterocycles. The van der Waals surface area contributed by atoms with Crippen molar-refractivity contribution in [3.63, 3.8) is 0 Å². The fraction of sp³-hybridized carbons (Fsp3) is 0.385. The van der Waals surface area contributed by atoms with Gasteiger partial charge in [0.1, 0.15) is 24.1 Å². The zero-order valence-electron chi connectivity index (χ0n) is 19.2. The van der Waals surface area contributed by atoms with E-state index in [2.05, 4.69) is 9.88 Å². The van der Waals surface area contributed by atoms with Crippen LogP contribution in [0.2, 0.25) is 0 Å². The second-order valence-electron chi connectivity index (χ2n) is 9.32. The highest BCUT2D eigenvalue weighted by molar-refractivity contribution is 7.19.